The molecular weight excluding hydrogens is 346 g/mol. The molecule has 1 heterocycles. The molecule has 1 aliphatic rings. The molecule has 1 aromatic heterocycles. The molecule has 0 bridgehead atoms. The predicted molar refractivity (Wildman–Crippen MR) is 83.0 cm³/mol. The minimum absolute atomic E-state index is 0.154. The van der Waals surface area contributed by atoms with Crippen LogP contribution in [0, 0.1) is 5.92 Å². The van der Waals surface area contributed by atoms with Gasteiger partial charge in [0, 0.05) is 17.6 Å². The van der Waals surface area contributed by atoms with Crippen LogP contribution in [0.15, 0.2) is 20.1 Å². The van der Waals surface area contributed by atoms with Gasteiger partial charge in [-0.25, -0.2) is 8.42 Å². The average Bonchev–Trinajstić information content (AvgIpc) is 2.85. The zero-order valence-corrected chi connectivity index (χ0v) is 14.5. The Bertz CT molecular complexity index is 519. The van der Waals surface area contributed by atoms with Crippen molar-refractivity contribution in [3.63, 3.8) is 0 Å². The third-order valence-electron chi connectivity index (χ3n) is 4.11. The third-order valence-corrected chi connectivity index (χ3v) is 8.66. The zero-order valence-electron chi connectivity index (χ0n) is 11.3. The molecule has 0 spiro atoms. The van der Waals surface area contributed by atoms with Crippen molar-refractivity contribution in [2.75, 3.05) is 7.05 Å². The predicted octanol–water partition coefficient (Wildman–Crippen LogP) is 4.10. The molecule has 1 fully saturated rings. The molecule has 1 aliphatic carbocycles. The summed E-state index contributed by atoms with van der Waals surface area (Å²) in [6, 6.07) is 1.95. The van der Waals surface area contributed by atoms with Crippen LogP contribution in [0.5, 0.6) is 0 Å². The van der Waals surface area contributed by atoms with Crippen LogP contribution in [0.3, 0.4) is 0 Å². The van der Waals surface area contributed by atoms with Crippen LogP contribution in [-0.4, -0.2) is 25.8 Å². The van der Waals surface area contributed by atoms with Crippen LogP contribution in [0.4, 0.5) is 0 Å². The van der Waals surface area contributed by atoms with Gasteiger partial charge in [-0.1, -0.05) is 13.3 Å². The Labute approximate surface area is 128 Å². The van der Waals surface area contributed by atoms with E-state index >= 15 is 0 Å². The van der Waals surface area contributed by atoms with Crippen LogP contribution in [0.2, 0.25) is 0 Å². The molecular formula is C13H20BrNO2S2. The normalized spacial score (nSPS) is 24.8. The molecule has 2 rings (SSSR count). The van der Waals surface area contributed by atoms with E-state index in [0.29, 0.717) is 8.68 Å². The molecule has 6 heteroatoms. The first-order valence-electron chi connectivity index (χ1n) is 6.67. The Balaban J connectivity index is 2.12. The number of halogens is 1. The first kappa shape index (κ1) is 15.5. The van der Waals surface area contributed by atoms with E-state index in [4.69, 9.17) is 0 Å². The molecule has 0 aliphatic heterocycles. The average molecular weight is 366 g/mol. The number of hydrogen-bond donors (Lipinski definition) is 0. The highest BCUT2D eigenvalue weighted by atomic mass is 79.9. The lowest BCUT2D eigenvalue weighted by Crippen LogP contribution is -2.39. The maximum absolute atomic E-state index is 12.6. The summed E-state index contributed by atoms with van der Waals surface area (Å²) in [5.41, 5.74) is 0. The van der Waals surface area contributed by atoms with Gasteiger partial charge in [-0.3, -0.25) is 0 Å². The summed E-state index contributed by atoms with van der Waals surface area (Å²) < 4.78 is 27.8. The fourth-order valence-electron chi connectivity index (χ4n) is 2.71. The topological polar surface area (TPSA) is 37.4 Å². The largest absolute Gasteiger partial charge is 0.253 e. The highest BCUT2D eigenvalue weighted by molar-refractivity contribution is 9.10. The second-order valence-electron chi connectivity index (χ2n) is 5.16. The second-order valence-corrected chi connectivity index (χ2v) is 9.12. The van der Waals surface area contributed by atoms with Gasteiger partial charge in [0.1, 0.15) is 4.21 Å². The summed E-state index contributed by atoms with van der Waals surface area (Å²) >= 11 is 4.60. The molecule has 1 aromatic rings. The summed E-state index contributed by atoms with van der Waals surface area (Å²) in [7, 11) is -1.62. The van der Waals surface area contributed by atoms with Crippen LogP contribution in [0.1, 0.15) is 39.0 Å². The molecule has 1 saturated carbocycles. The molecule has 108 valence electrons. The summed E-state index contributed by atoms with van der Waals surface area (Å²) in [5.74, 6) is 0.779. The van der Waals surface area contributed by atoms with E-state index in [-0.39, 0.29) is 6.04 Å². The second kappa shape index (κ2) is 6.24. The minimum atomic E-state index is -3.35. The molecule has 0 saturated heterocycles. The van der Waals surface area contributed by atoms with Crippen molar-refractivity contribution in [2.45, 2.75) is 49.3 Å². The smallest absolute Gasteiger partial charge is 0.206 e. The van der Waals surface area contributed by atoms with Gasteiger partial charge in [0.2, 0.25) is 0 Å². The maximum atomic E-state index is 12.6. The van der Waals surface area contributed by atoms with Crippen LogP contribution < -0.4 is 0 Å². The van der Waals surface area contributed by atoms with E-state index in [2.05, 4.69) is 22.9 Å². The van der Waals surface area contributed by atoms with E-state index in [1.165, 1.54) is 17.8 Å². The van der Waals surface area contributed by atoms with Gasteiger partial charge in [-0.15, -0.1) is 11.3 Å². The van der Waals surface area contributed by atoms with E-state index < -0.39 is 10.0 Å². The first-order chi connectivity index (χ1) is 8.96. The Hall–Kier alpha value is 0.0900. The van der Waals surface area contributed by atoms with Crippen molar-refractivity contribution in [3.8, 4) is 0 Å². The Morgan fingerprint density at radius 2 is 2.00 bits per heavy atom. The fourth-order valence-corrected chi connectivity index (χ4v) is 6.60. The Kier molecular flexibility index (Phi) is 5.09. The minimum Gasteiger partial charge on any atom is -0.206 e. The third kappa shape index (κ3) is 3.23. The lowest BCUT2D eigenvalue weighted by Gasteiger charge is -2.33. The summed E-state index contributed by atoms with van der Waals surface area (Å²) in [6.07, 6.45) is 5.47. The molecule has 0 amide bonds. The van der Waals surface area contributed by atoms with Gasteiger partial charge in [0.15, 0.2) is 0 Å². The van der Waals surface area contributed by atoms with Crippen LogP contribution >= 0.6 is 27.3 Å². The van der Waals surface area contributed by atoms with Crippen molar-refractivity contribution in [3.05, 3.63) is 15.9 Å². The fraction of sp³-hybridized carbons (Fsp3) is 0.692. The Morgan fingerprint density at radius 1 is 1.37 bits per heavy atom. The summed E-state index contributed by atoms with van der Waals surface area (Å²) in [6.45, 7) is 2.22. The van der Waals surface area contributed by atoms with Gasteiger partial charge in [0.05, 0.1) is 0 Å². The van der Waals surface area contributed by atoms with Crippen LogP contribution in [-0.2, 0) is 10.0 Å². The van der Waals surface area contributed by atoms with E-state index in [1.807, 2.05) is 0 Å². The zero-order chi connectivity index (χ0) is 14.0. The highest BCUT2D eigenvalue weighted by Gasteiger charge is 2.32. The standard InChI is InChI=1S/C13H20BrNO2S2/c1-3-10-4-6-11(7-5-10)15(2)19(16,17)13-12(14)8-9-18-13/h8-11H,3-7H2,1-2H3. The molecule has 3 nitrogen and oxygen atoms in total. The van der Waals surface area contributed by atoms with Gasteiger partial charge in [-0.2, -0.15) is 4.31 Å². The molecule has 0 unspecified atom stereocenters. The van der Waals surface area contributed by atoms with Crippen molar-refractivity contribution >= 4 is 37.3 Å². The molecule has 0 N–H and O–H groups in total. The quantitative estimate of drug-likeness (QED) is 0.805. The first-order valence-corrected chi connectivity index (χ1v) is 9.79. The number of rotatable bonds is 4. The lowest BCUT2D eigenvalue weighted by molar-refractivity contribution is 0.233. The summed E-state index contributed by atoms with van der Waals surface area (Å²) in [5, 5.41) is 1.80. The van der Waals surface area contributed by atoms with Gasteiger partial charge >= 0.3 is 0 Å². The van der Waals surface area contributed by atoms with Crippen molar-refractivity contribution in [2.24, 2.45) is 5.92 Å². The Morgan fingerprint density at radius 3 is 2.47 bits per heavy atom. The van der Waals surface area contributed by atoms with Gasteiger partial charge < -0.3 is 0 Å². The van der Waals surface area contributed by atoms with Crippen molar-refractivity contribution in [1.29, 1.82) is 0 Å². The monoisotopic (exact) mass is 365 g/mol. The summed E-state index contributed by atoms with van der Waals surface area (Å²) in [4.78, 5) is 0. The van der Waals surface area contributed by atoms with E-state index in [1.54, 1.807) is 22.8 Å². The maximum Gasteiger partial charge on any atom is 0.253 e. The number of nitrogens with zero attached hydrogens (tertiary/aromatic N) is 1. The number of hydrogen-bond acceptors (Lipinski definition) is 3. The van der Waals surface area contributed by atoms with Crippen molar-refractivity contribution in [1.82, 2.24) is 4.31 Å². The van der Waals surface area contributed by atoms with Crippen molar-refractivity contribution < 1.29 is 8.42 Å². The molecule has 0 radical (unpaired) electrons. The SMILES string of the molecule is CCC1CCC(N(C)S(=O)(=O)c2sccc2Br)CC1. The van der Waals surface area contributed by atoms with E-state index in [9.17, 15) is 8.42 Å². The van der Waals surface area contributed by atoms with Crippen LogP contribution in [0.25, 0.3) is 0 Å². The number of thiophene rings is 1. The lowest BCUT2D eigenvalue weighted by atomic mass is 9.85. The number of sulfonamides is 1. The highest BCUT2D eigenvalue weighted by Crippen LogP contribution is 2.34. The van der Waals surface area contributed by atoms with Gasteiger partial charge in [-0.05, 0) is 59.0 Å². The van der Waals surface area contributed by atoms with E-state index in [0.717, 1.165) is 31.6 Å². The molecule has 0 atom stereocenters. The molecule has 0 aromatic carbocycles. The van der Waals surface area contributed by atoms with Gasteiger partial charge in [0.25, 0.3) is 10.0 Å². The molecule has 19 heavy (non-hydrogen) atoms.